The molecule has 11 heteroatoms. The number of hydrogen-bond donors (Lipinski definition) is 3. The molecule has 1 fully saturated rings. The molecule has 0 unspecified atom stereocenters. The molecule has 0 spiro atoms. The Morgan fingerprint density at radius 2 is 1.16 bits per heavy atom. The number of rotatable bonds is 14. The lowest BCUT2D eigenvalue weighted by Crippen LogP contribution is -2.67. The number of para-hydroxylation sites is 1. The summed E-state index contributed by atoms with van der Waals surface area (Å²) in [6.45, 7) is 0.131. The van der Waals surface area contributed by atoms with Crippen molar-refractivity contribution in [2.75, 3.05) is 11.9 Å². The van der Waals surface area contributed by atoms with E-state index < -0.39 is 29.9 Å². The van der Waals surface area contributed by atoms with Crippen LogP contribution in [0.3, 0.4) is 0 Å². The van der Waals surface area contributed by atoms with Crippen molar-refractivity contribution in [3.8, 4) is 0 Å². The van der Waals surface area contributed by atoms with Gasteiger partial charge in [-0.3, -0.25) is 30.0 Å². The Kier molecular flexibility index (Phi) is 13.2. The average Bonchev–Trinajstić information content (AvgIpc) is 3.15. The van der Waals surface area contributed by atoms with E-state index in [0.29, 0.717) is 24.9 Å². The zero-order valence-corrected chi connectivity index (χ0v) is 28.2. The number of imide groups is 1. The molecule has 4 aromatic rings. The van der Waals surface area contributed by atoms with Crippen molar-refractivity contribution in [1.29, 1.82) is 0 Å². The maximum atomic E-state index is 13.3. The number of nitrogens with zero attached hydrogens (tertiary/aromatic N) is 2. The van der Waals surface area contributed by atoms with Crippen molar-refractivity contribution >= 4 is 41.4 Å². The summed E-state index contributed by atoms with van der Waals surface area (Å²) in [6.07, 6.45) is 1.96. The van der Waals surface area contributed by atoms with Gasteiger partial charge in [0.15, 0.2) is 6.04 Å². The molecule has 1 aliphatic heterocycles. The SMILES string of the molecule is O=C(CCc1ccccc1)NC(=NCCC[C@H]1C(=O)N(C(=O)Nc2ccccc2)[C@@H]1C(=O)OCc1ccccc1)NC(=O)CCc1ccccc1. The third-order valence-electron chi connectivity index (χ3n) is 8.35. The standard InChI is InChI=1S/C40H41N5O6/c46-34(25-23-29-14-5-1-6-15-29)43-39(44-35(47)26-24-30-16-7-2-8-17-30)41-27-13-22-33-36(38(49)51-28-31-18-9-3-10-19-31)45(37(33)48)40(50)42-32-20-11-4-12-21-32/h1-12,14-21,33,36H,13,22-28H2,(H,42,50)(H2,41,43,44,46,47)/t33-,36+/m1/s1. The van der Waals surface area contributed by atoms with Gasteiger partial charge in [-0.05, 0) is 54.5 Å². The summed E-state index contributed by atoms with van der Waals surface area (Å²) in [5.41, 5.74) is 3.26. The van der Waals surface area contributed by atoms with E-state index in [-0.39, 0.29) is 50.2 Å². The van der Waals surface area contributed by atoms with Crippen LogP contribution in [0.25, 0.3) is 0 Å². The van der Waals surface area contributed by atoms with Gasteiger partial charge in [0.1, 0.15) is 6.61 Å². The van der Waals surface area contributed by atoms with Gasteiger partial charge in [-0.2, -0.15) is 0 Å². The number of amides is 5. The van der Waals surface area contributed by atoms with Gasteiger partial charge < -0.3 is 10.1 Å². The second-order valence-electron chi connectivity index (χ2n) is 12.1. The molecule has 5 rings (SSSR count). The second-order valence-corrected chi connectivity index (χ2v) is 12.1. The fourth-order valence-corrected chi connectivity index (χ4v) is 5.65. The first-order valence-electron chi connectivity index (χ1n) is 17.0. The van der Waals surface area contributed by atoms with Gasteiger partial charge in [0.05, 0.1) is 5.92 Å². The smallest absolute Gasteiger partial charge is 0.330 e. The summed E-state index contributed by atoms with van der Waals surface area (Å²) >= 11 is 0. The molecule has 0 aromatic heterocycles. The first-order valence-corrected chi connectivity index (χ1v) is 17.0. The van der Waals surface area contributed by atoms with Crippen LogP contribution in [0.1, 0.15) is 42.4 Å². The molecule has 1 saturated heterocycles. The van der Waals surface area contributed by atoms with Gasteiger partial charge in [0.2, 0.25) is 23.7 Å². The molecule has 1 heterocycles. The lowest BCUT2D eigenvalue weighted by Gasteiger charge is -2.43. The summed E-state index contributed by atoms with van der Waals surface area (Å²) in [7, 11) is 0. The topological polar surface area (TPSA) is 146 Å². The van der Waals surface area contributed by atoms with Crippen LogP contribution in [-0.2, 0) is 43.4 Å². The lowest BCUT2D eigenvalue weighted by atomic mass is 9.83. The van der Waals surface area contributed by atoms with E-state index in [0.717, 1.165) is 21.6 Å². The Balaban J connectivity index is 1.21. The van der Waals surface area contributed by atoms with Crippen LogP contribution in [0, 0.1) is 5.92 Å². The van der Waals surface area contributed by atoms with Crippen LogP contribution in [0.5, 0.6) is 0 Å². The summed E-state index contributed by atoms with van der Waals surface area (Å²) in [5.74, 6) is -2.60. The number of carbonyl (C=O) groups excluding carboxylic acids is 5. The Labute approximate surface area is 297 Å². The number of β-lactam (4-membered cyclic amide) rings is 1. The van der Waals surface area contributed by atoms with Crippen molar-refractivity contribution < 1.29 is 28.7 Å². The third-order valence-corrected chi connectivity index (χ3v) is 8.35. The number of nitrogens with one attached hydrogen (secondary N) is 3. The van der Waals surface area contributed by atoms with Crippen LogP contribution in [0.15, 0.2) is 126 Å². The zero-order chi connectivity index (χ0) is 35.8. The Morgan fingerprint density at radius 1 is 0.667 bits per heavy atom. The number of anilines is 1. The molecule has 2 atom stereocenters. The summed E-state index contributed by atoms with van der Waals surface area (Å²) < 4.78 is 5.55. The van der Waals surface area contributed by atoms with E-state index in [1.807, 2.05) is 91.0 Å². The van der Waals surface area contributed by atoms with Gasteiger partial charge in [-0.25, -0.2) is 14.5 Å². The molecule has 0 bridgehead atoms. The molecular formula is C40H41N5O6. The van der Waals surface area contributed by atoms with Crippen molar-refractivity contribution in [2.24, 2.45) is 10.9 Å². The number of hydrogen-bond acceptors (Lipinski definition) is 7. The molecule has 0 saturated carbocycles. The van der Waals surface area contributed by atoms with Gasteiger partial charge in [0, 0.05) is 25.1 Å². The molecule has 4 aromatic carbocycles. The van der Waals surface area contributed by atoms with Crippen LogP contribution in [0.2, 0.25) is 0 Å². The van der Waals surface area contributed by atoms with Crippen LogP contribution >= 0.6 is 0 Å². The minimum atomic E-state index is -1.12. The fraction of sp³-hybridized carbons (Fsp3) is 0.250. The molecule has 5 amide bonds. The number of benzene rings is 4. The summed E-state index contributed by atoms with van der Waals surface area (Å²) in [4.78, 5) is 70.8. The molecule has 51 heavy (non-hydrogen) atoms. The summed E-state index contributed by atoms with van der Waals surface area (Å²) in [6, 6.07) is 35.1. The lowest BCUT2D eigenvalue weighted by molar-refractivity contribution is -0.170. The van der Waals surface area contributed by atoms with Gasteiger partial charge in [-0.1, -0.05) is 109 Å². The van der Waals surface area contributed by atoms with E-state index in [1.165, 1.54) is 0 Å². The fourth-order valence-electron chi connectivity index (χ4n) is 5.65. The number of aliphatic imine (C=N–C) groups is 1. The van der Waals surface area contributed by atoms with Crippen molar-refractivity contribution in [1.82, 2.24) is 15.5 Å². The highest BCUT2D eigenvalue weighted by Crippen LogP contribution is 2.33. The quantitative estimate of drug-likeness (QED) is 0.0531. The molecule has 0 radical (unpaired) electrons. The minimum absolute atomic E-state index is 0.00712. The first kappa shape index (κ1) is 36.2. The first-order chi connectivity index (χ1) is 24.9. The molecule has 1 aliphatic rings. The number of guanidine groups is 1. The highest BCUT2D eigenvalue weighted by atomic mass is 16.5. The molecular weight excluding hydrogens is 646 g/mol. The van der Waals surface area contributed by atoms with Crippen LogP contribution in [-0.4, -0.2) is 53.2 Å². The third kappa shape index (κ3) is 10.9. The van der Waals surface area contributed by atoms with E-state index in [2.05, 4.69) is 20.9 Å². The van der Waals surface area contributed by atoms with Crippen molar-refractivity contribution in [3.05, 3.63) is 138 Å². The Hall–Kier alpha value is -6.10. The number of urea groups is 1. The Bertz CT molecular complexity index is 1740. The van der Waals surface area contributed by atoms with E-state index >= 15 is 0 Å². The normalized spacial score (nSPS) is 14.8. The maximum Gasteiger partial charge on any atom is 0.330 e. The molecule has 0 aliphatic carbocycles. The largest absolute Gasteiger partial charge is 0.459 e. The second kappa shape index (κ2) is 18.6. The van der Waals surface area contributed by atoms with E-state index in [4.69, 9.17) is 4.74 Å². The number of esters is 1. The number of carbonyl (C=O) groups is 5. The molecule has 11 nitrogen and oxygen atoms in total. The van der Waals surface area contributed by atoms with E-state index in [1.54, 1.807) is 30.3 Å². The maximum absolute atomic E-state index is 13.3. The zero-order valence-electron chi connectivity index (χ0n) is 28.2. The highest BCUT2D eigenvalue weighted by molar-refractivity contribution is 6.11. The molecule has 3 N–H and O–H groups in total. The number of aryl methyl sites for hydroxylation is 2. The van der Waals surface area contributed by atoms with Crippen molar-refractivity contribution in [3.63, 3.8) is 0 Å². The number of ether oxygens (including phenoxy) is 1. The predicted octanol–water partition coefficient (Wildman–Crippen LogP) is 5.42. The van der Waals surface area contributed by atoms with Gasteiger partial charge in [0.25, 0.3) is 0 Å². The monoisotopic (exact) mass is 687 g/mol. The van der Waals surface area contributed by atoms with E-state index in [9.17, 15) is 24.0 Å². The minimum Gasteiger partial charge on any atom is -0.459 e. The number of likely N-dealkylation sites (tertiary alicyclic amines) is 1. The summed E-state index contributed by atoms with van der Waals surface area (Å²) in [5, 5.41) is 8.11. The van der Waals surface area contributed by atoms with Crippen LogP contribution in [0.4, 0.5) is 10.5 Å². The van der Waals surface area contributed by atoms with Gasteiger partial charge in [-0.15, -0.1) is 0 Å². The highest BCUT2D eigenvalue weighted by Gasteiger charge is 2.55. The Morgan fingerprint density at radius 3 is 1.69 bits per heavy atom. The molecule has 262 valence electrons. The van der Waals surface area contributed by atoms with Crippen molar-refractivity contribution in [2.45, 2.75) is 51.2 Å². The predicted molar refractivity (Wildman–Crippen MR) is 193 cm³/mol. The van der Waals surface area contributed by atoms with Crippen LogP contribution < -0.4 is 16.0 Å². The average molecular weight is 688 g/mol. The van der Waals surface area contributed by atoms with Gasteiger partial charge >= 0.3 is 12.0 Å².